The van der Waals surface area contributed by atoms with Crippen LogP contribution in [0.25, 0.3) is 65.7 Å². The lowest BCUT2D eigenvalue weighted by Crippen LogP contribution is -1.98. The van der Waals surface area contributed by atoms with E-state index in [-0.39, 0.29) is 24.2 Å². The Morgan fingerprint density at radius 2 is 1.03 bits per heavy atom. The van der Waals surface area contributed by atoms with Gasteiger partial charge in [0.05, 0.1) is 5.48 Å². The van der Waals surface area contributed by atoms with Crippen LogP contribution in [0.5, 0.6) is 11.5 Å². The van der Waals surface area contributed by atoms with Gasteiger partial charge in [-0.3, -0.25) is 0 Å². The Bertz CT molecular complexity index is 2150. The molecule has 1 heterocycles. The van der Waals surface area contributed by atoms with Crippen molar-refractivity contribution in [3.63, 3.8) is 0 Å². The summed E-state index contributed by atoms with van der Waals surface area (Å²) in [6, 6.07) is 36.0. The van der Waals surface area contributed by atoms with E-state index in [4.69, 9.17) is 10.2 Å². The van der Waals surface area contributed by atoms with Gasteiger partial charge in [0.15, 0.2) is 0 Å². The molecule has 0 atom stereocenters. The molecule has 0 saturated carbocycles. The maximum Gasteiger partial charge on any atom is 0.135 e. The van der Waals surface area contributed by atoms with Gasteiger partial charge in [0, 0.05) is 10.9 Å². The molecule has 1 aliphatic rings. The molecule has 0 bridgehead atoms. The first-order valence-corrected chi connectivity index (χ1v) is 12.4. The quantitative estimate of drug-likeness (QED) is 0.226. The second kappa shape index (κ2) is 7.81. The van der Waals surface area contributed by atoms with E-state index in [0.717, 1.165) is 77.2 Å². The smallest absolute Gasteiger partial charge is 0.135 e. The molecule has 0 saturated heterocycles. The van der Waals surface area contributed by atoms with Crippen molar-refractivity contribution in [3.8, 4) is 44.9 Å². The largest absolute Gasteiger partial charge is 0.456 e. The third-order valence-corrected chi connectivity index (χ3v) is 7.42. The molecule has 0 fully saturated rings. The average molecular weight is 475 g/mol. The number of fused-ring (bicyclic) bond motifs is 4. The van der Waals surface area contributed by atoms with Crippen molar-refractivity contribution in [2.24, 2.45) is 0 Å². The fourth-order valence-corrected chi connectivity index (χ4v) is 5.89. The van der Waals surface area contributed by atoms with Crippen molar-refractivity contribution >= 4 is 32.3 Å². The average Bonchev–Trinajstić information content (AvgIpc) is 2.99. The van der Waals surface area contributed by atoms with Gasteiger partial charge in [0.25, 0.3) is 0 Å². The Morgan fingerprint density at radius 3 is 1.76 bits per heavy atom. The molecule has 0 radical (unpaired) electrons. The van der Waals surface area contributed by atoms with E-state index in [2.05, 4.69) is 30.3 Å². The molecule has 0 N–H and O–H groups in total. The molecule has 7 aromatic carbocycles. The van der Waals surface area contributed by atoms with E-state index < -0.39 is 0 Å². The van der Waals surface area contributed by atoms with Crippen LogP contribution < -0.4 is 4.74 Å². The number of benzene rings is 7. The van der Waals surface area contributed by atoms with E-state index >= 15 is 0 Å². The molecule has 1 nitrogen and oxygen atoms in total. The summed E-state index contributed by atoms with van der Waals surface area (Å²) >= 11 is 0. The fourth-order valence-electron chi connectivity index (χ4n) is 5.89. The zero-order valence-electron chi connectivity index (χ0n) is 23.8. The Labute approximate surface area is 220 Å². The predicted octanol–water partition coefficient (Wildman–Crippen LogP) is 10.3. The van der Waals surface area contributed by atoms with Crippen LogP contribution in [0.1, 0.15) is 5.48 Å². The summed E-state index contributed by atoms with van der Waals surface area (Å²) in [5, 5.41) is 5.40. The minimum atomic E-state index is 0.139. The molecule has 0 amide bonds. The zero-order valence-corrected chi connectivity index (χ0v) is 19.8. The Morgan fingerprint density at radius 1 is 0.405 bits per heavy atom. The molecule has 0 unspecified atom stereocenters. The summed E-state index contributed by atoms with van der Waals surface area (Å²) < 4.78 is 40.6. The van der Waals surface area contributed by atoms with Crippen LogP contribution >= 0.6 is 0 Å². The van der Waals surface area contributed by atoms with Gasteiger partial charge < -0.3 is 4.74 Å². The second-order valence-corrected chi connectivity index (χ2v) is 9.36. The lowest BCUT2D eigenvalue weighted by Gasteiger charge is -2.24. The molecule has 1 heteroatoms. The molecule has 0 spiro atoms. The molecule has 37 heavy (non-hydrogen) atoms. The van der Waals surface area contributed by atoms with Crippen LogP contribution in [0.2, 0.25) is 0 Å². The monoisotopic (exact) mass is 474 g/mol. The number of para-hydroxylation sites is 1. The summed E-state index contributed by atoms with van der Waals surface area (Å²) in [5.41, 5.74) is 5.85. The van der Waals surface area contributed by atoms with E-state index in [0.29, 0.717) is 0 Å². The fraction of sp³-hybridized carbons (Fsp3) is 0. The van der Waals surface area contributed by atoms with Crippen LogP contribution in [0.4, 0.5) is 0 Å². The summed E-state index contributed by atoms with van der Waals surface area (Å²) in [4.78, 5) is 0. The van der Waals surface area contributed by atoms with Gasteiger partial charge in [-0.15, -0.1) is 0 Å². The maximum atomic E-state index is 8.60. The SMILES string of the molecule is [2H]c1cc2c(-c3ccccc3)c3cc([2H])c([2H])cc3c(-c3ccc4c5c(cccc35)-c3ccccc3O4)c2cc1[2H]. The van der Waals surface area contributed by atoms with Crippen molar-refractivity contribution in [1.82, 2.24) is 0 Å². The molecule has 1 aliphatic heterocycles. The van der Waals surface area contributed by atoms with Crippen molar-refractivity contribution < 1.29 is 10.2 Å². The molecule has 7 aromatic rings. The Hall–Kier alpha value is -4.88. The molecule has 0 aliphatic carbocycles. The number of hydrogen-bond acceptors (Lipinski definition) is 1. The molecule has 0 aromatic heterocycles. The van der Waals surface area contributed by atoms with E-state index in [9.17, 15) is 0 Å². The van der Waals surface area contributed by atoms with Crippen LogP contribution in [0.3, 0.4) is 0 Å². The highest BCUT2D eigenvalue weighted by Crippen LogP contribution is 2.51. The first kappa shape index (κ1) is 16.7. The normalized spacial score (nSPS) is 13.5. The second-order valence-electron chi connectivity index (χ2n) is 9.36. The van der Waals surface area contributed by atoms with Crippen molar-refractivity contribution in [2.45, 2.75) is 0 Å². The molecular weight excluding hydrogens is 448 g/mol. The third-order valence-electron chi connectivity index (χ3n) is 7.42. The minimum Gasteiger partial charge on any atom is -0.456 e. The number of ether oxygens (including phenoxy) is 1. The summed E-state index contributed by atoms with van der Waals surface area (Å²) in [6.07, 6.45) is 0. The highest BCUT2D eigenvalue weighted by molar-refractivity contribution is 6.24. The van der Waals surface area contributed by atoms with Gasteiger partial charge in [-0.1, -0.05) is 115 Å². The summed E-state index contributed by atoms with van der Waals surface area (Å²) in [7, 11) is 0. The summed E-state index contributed by atoms with van der Waals surface area (Å²) in [6.45, 7) is 0. The predicted molar refractivity (Wildman–Crippen MR) is 155 cm³/mol. The third kappa shape index (κ3) is 2.92. The Balaban J connectivity index is 1.58. The van der Waals surface area contributed by atoms with Crippen LogP contribution in [-0.2, 0) is 0 Å². The molecule has 8 rings (SSSR count). The van der Waals surface area contributed by atoms with E-state index in [1.807, 2.05) is 54.6 Å². The first-order chi connectivity index (χ1) is 20.0. The van der Waals surface area contributed by atoms with Gasteiger partial charge in [-0.2, -0.15) is 0 Å². The standard InChI is InChI=1S/C36H22O/c1-2-11-23(12-3-1)34-26-14-4-6-16-28(26)35(29-17-7-5-15-27(29)34)31-21-22-33-36-25(18-10-19-30(31)36)24-13-8-9-20-32(24)37-33/h1-22H/i4D,5D,6D,7D. The van der Waals surface area contributed by atoms with Crippen LogP contribution in [0.15, 0.2) is 133 Å². The Kier molecular flexibility index (Phi) is 3.53. The number of rotatable bonds is 2. The minimum absolute atomic E-state index is 0.139. The van der Waals surface area contributed by atoms with Crippen molar-refractivity contribution in [1.29, 1.82) is 0 Å². The molecule has 172 valence electrons. The molecular formula is C36H22O. The van der Waals surface area contributed by atoms with Gasteiger partial charge in [-0.05, 0) is 72.9 Å². The van der Waals surface area contributed by atoms with Gasteiger partial charge in [0.2, 0.25) is 0 Å². The van der Waals surface area contributed by atoms with Gasteiger partial charge in [-0.25, -0.2) is 0 Å². The lowest BCUT2D eigenvalue weighted by molar-refractivity contribution is 0.487. The van der Waals surface area contributed by atoms with E-state index in [1.54, 1.807) is 24.3 Å². The number of hydrogen-bond donors (Lipinski definition) is 0. The lowest BCUT2D eigenvalue weighted by atomic mass is 9.83. The highest BCUT2D eigenvalue weighted by atomic mass is 16.5. The zero-order chi connectivity index (χ0) is 27.8. The first-order valence-electron chi connectivity index (χ1n) is 14.4. The topological polar surface area (TPSA) is 9.23 Å². The van der Waals surface area contributed by atoms with E-state index in [1.165, 1.54) is 0 Å². The van der Waals surface area contributed by atoms with Crippen LogP contribution in [0, 0.1) is 0 Å². The highest BCUT2D eigenvalue weighted by Gasteiger charge is 2.23. The van der Waals surface area contributed by atoms with Crippen molar-refractivity contribution in [2.75, 3.05) is 0 Å². The van der Waals surface area contributed by atoms with Gasteiger partial charge >= 0.3 is 0 Å². The maximum absolute atomic E-state index is 8.60. The van der Waals surface area contributed by atoms with Crippen molar-refractivity contribution in [3.05, 3.63) is 133 Å². The van der Waals surface area contributed by atoms with Crippen LogP contribution in [-0.4, -0.2) is 0 Å². The summed E-state index contributed by atoms with van der Waals surface area (Å²) in [5.74, 6) is 1.61. The van der Waals surface area contributed by atoms with Gasteiger partial charge in [0.1, 0.15) is 11.5 Å².